The lowest BCUT2D eigenvalue weighted by Gasteiger charge is -2.21. The van der Waals surface area contributed by atoms with Gasteiger partial charge in [0.05, 0.1) is 0 Å². The Morgan fingerprint density at radius 2 is 1.73 bits per heavy atom. The first kappa shape index (κ1) is 23.2. The second-order valence-corrected chi connectivity index (χ2v) is 5.83. The lowest BCUT2D eigenvalue weighted by atomic mass is 10.1. The Morgan fingerprint density at radius 3 is 2.19 bits per heavy atom. The van der Waals surface area contributed by atoms with Crippen LogP contribution in [-0.2, 0) is 19.2 Å². The quantitative estimate of drug-likeness (QED) is 0.196. The standard InChI is InChI=1S/C13H19N3O9S/c1-16(13(24)25)10(19)7(4-26-5-8(17)12(22)23)15-9(18)3-2-6(14)11(20)21/h5-7,17H,2-4,14H2,1H3,(H,15,18)(H,20,21)(H,22,23)(H,24,25)/b8-5-. The summed E-state index contributed by atoms with van der Waals surface area (Å²) in [4.78, 5) is 56.2. The van der Waals surface area contributed by atoms with Crippen LogP contribution in [0.2, 0.25) is 0 Å². The van der Waals surface area contributed by atoms with E-state index in [9.17, 15) is 24.0 Å². The minimum absolute atomic E-state index is 0.205. The molecule has 0 saturated heterocycles. The SMILES string of the molecule is CN(C(=O)O)C(=O)C(CS/C=C(\O)C(=O)O)NC(=O)CCC(N)C(=O)O. The number of hydrogen-bond donors (Lipinski definition) is 6. The summed E-state index contributed by atoms with van der Waals surface area (Å²) in [5, 5.41) is 38.1. The van der Waals surface area contributed by atoms with Crippen LogP contribution in [0, 0.1) is 0 Å². The number of aliphatic hydroxyl groups excluding tert-OH is 1. The van der Waals surface area contributed by atoms with Crippen molar-refractivity contribution in [1.82, 2.24) is 10.2 Å². The largest absolute Gasteiger partial charge is 0.501 e. The highest BCUT2D eigenvalue weighted by molar-refractivity contribution is 8.02. The van der Waals surface area contributed by atoms with Gasteiger partial charge >= 0.3 is 18.0 Å². The molecule has 12 nitrogen and oxygen atoms in total. The van der Waals surface area contributed by atoms with Gasteiger partial charge in [-0.25, -0.2) is 14.5 Å². The number of aliphatic carboxylic acids is 2. The first-order valence-electron chi connectivity index (χ1n) is 6.99. The smallest absolute Gasteiger partial charge is 0.413 e. The minimum Gasteiger partial charge on any atom is -0.501 e. The van der Waals surface area contributed by atoms with Crippen molar-refractivity contribution in [2.45, 2.75) is 24.9 Å². The van der Waals surface area contributed by atoms with Crippen molar-refractivity contribution in [2.24, 2.45) is 5.73 Å². The molecular formula is C13H19N3O9S. The van der Waals surface area contributed by atoms with Crippen molar-refractivity contribution in [3.05, 3.63) is 11.2 Å². The molecule has 0 bridgehead atoms. The van der Waals surface area contributed by atoms with Crippen LogP contribution in [0.1, 0.15) is 12.8 Å². The van der Waals surface area contributed by atoms with Crippen molar-refractivity contribution in [3.8, 4) is 0 Å². The maximum absolute atomic E-state index is 12.1. The summed E-state index contributed by atoms with van der Waals surface area (Å²) < 4.78 is 0. The number of carboxylic acids is 2. The van der Waals surface area contributed by atoms with Crippen LogP contribution in [0.5, 0.6) is 0 Å². The van der Waals surface area contributed by atoms with Gasteiger partial charge in [-0.15, -0.1) is 11.8 Å². The van der Waals surface area contributed by atoms with Crippen LogP contribution in [0.3, 0.4) is 0 Å². The van der Waals surface area contributed by atoms with Gasteiger partial charge in [-0.05, 0) is 6.42 Å². The zero-order valence-electron chi connectivity index (χ0n) is 13.6. The number of nitrogens with zero attached hydrogens (tertiary/aromatic N) is 1. The summed E-state index contributed by atoms with van der Waals surface area (Å²) in [6.45, 7) is 0. The van der Waals surface area contributed by atoms with E-state index in [1.165, 1.54) is 0 Å². The minimum atomic E-state index is -1.60. The summed E-state index contributed by atoms with van der Waals surface area (Å²) in [6.07, 6.45) is -2.10. The van der Waals surface area contributed by atoms with E-state index in [-0.39, 0.29) is 18.6 Å². The third-order valence-corrected chi connectivity index (χ3v) is 3.84. The Labute approximate surface area is 151 Å². The highest BCUT2D eigenvalue weighted by atomic mass is 32.2. The molecule has 3 amide bonds. The fraction of sp³-hybridized carbons (Fsp3) is 0.462. The molecule has 26 heavy (non-hydrogen) atoms. The number of nitrogens with two attached hydrogens (primary N) is 1. The van der Waals surface area contributed by atoms with Crippen molar-refractivity contribution < 1.29 is 44.4 Å². The monoisotopic (exact) mass is 393 g/mol. The number of likely N-dealkylation sites (N-methyl/N-ethyl adjacent to an activating group) is 1. The molecule has 0 rings (SSSR count). The maximum atomic E-state index is 12.1. The highest BCUT2D eigenvalue weighted by Gasteiger charge is 2.27. The first-order valence-corrected chi connectivity index (χ1v) is 8.04. The van der Waals surface area contributed by atoms with Crippen LogP contribution in [0.15, 0.2) is 11.2 Å². The number of aliphatic hydroxyl groups is 1. The molecule has 0 aliphatic heterocycles. The number of thioether (sulfide) groups is 1. The fourth-order valence-corrected chi connectivity index (χ4v) is 2.23. The summed E-state index contributed by atoms with van der Waals surface area (Å²) in [6, 6.07) is -2.63. The Morgan fingerprint density at radius 1 is 1.15 bits per heavy atom. The van der Waals surface area contributed by atoms with Gasteiger partial charge in [0.1, 0.15) is 12.1 Å². The molecule has 0 aromatic carbocycles. The molecule has 2 unspecified atom stereocenters. The number of carbonyl (C=O) groups excluding carboxylic acids is 2. The normalized spacial score (nSPS) is 13.4. The van der Waals surface area contributed by atoms with Gasteiger partial charge in [0.15, 0.2) is 0 Å². The lowest BCUT2D eigenvalue weighted by Crippen LogP contribution is -2.50. The van der Waals surface area contributed by atoms with Crippen molar-refractivity contribution in [1.29, 1.82) is 0 Å². The second-order valence-electron chi connectivity index (χ2n) is 4.92. The van der Waals surface area contributed by atoms with E-state index in [0.29, 0.717) is 16.7 Å². The van der Waals surface area contributed by atoms with E-state index in [2.05, 4.69) is 5.32 Å². The Kier molecular flexibility index (Phi) is 9.76. The molecule has 0 aromatic rings. The van der Waals surface area contributed by atoms with Gasteiger partial charge in [0.2, 0.25) is 11.7 Å². The molecule has 0 heterocycles. The summed E-state index contributed by atoms with van der Waals surface area (Å²) in [7, 11) is 0.958. The molecular weight excluding hydrogens is 374 g/mol. The van der Waals surface area contributed by atoms with E-state index < -0.39 is 47.7 Å². The molecule has 0 spiro atoms. The molecule has 0 aromatic heterocycles. The van der Waals surface area contributed by atoms with Gasteiger partial charge in [-0.3, -0.25) is 14.4 Å². The molecule has 146 valence electrons. The molecule has 0 radical (unpaired) electrons. The zero-order chi connectivity index (χ0) is 20.4. The van der Waals surface area contributed by atoms with Crippen LogP contribution in [-0.4, -0.2) is 80.1 Å². The molecule has 0 aliphatic carbocycles. The average molecular weight is 393 g/mol. The second kappa shape index (κ2) is 10.9. The predicted octanol–water partition coefficient (Wildman–Crippen LogP) is -0.983. The highest BCUT2D eigenvalue weighted by Crippen LogP contribution is 2.10. The van der Waals surface area contributed by atoms with E-state index in [0.717, 1.165) is 12.5 Å². The summed E-state index contributed by atoms with van der Waals surface area (Å²) in [5.41, 5.74) is 5.26. The van der Waals surface area contributed by atoms with Crippen LogP contribution >= 0.6 is 11.8 Å². The first-order chi connectivity index (χ1) is 12.0. The Bertz CT molecular complexity index is 608. The molecule has 7 N–H and O–H groups in total. The van der Waals surface area contributed by atoms with Gasteiger partial charge in [0, 0.05) is 24.6 Å². The number of rotatable bonds is 10. The van der Waals surface area contributed by atoms with Crippen LogP contribution < -0.4 is 11.1 Å². The molecule has 0 aliphatic rings. The molecule has 2 atom stereocenters. The number of carboxylic acid groups (broad SMARTS) is 3. The maximum Gasteiger partial charge on any atom is 0.413 e. The number of carbonyl (C=O) groups is 5. The molecule has 0 fully saturated rings. The van der Waals surface area contributed by atoms with Gasteiger partial charge in [-0.1, -0.05) is 0 Å². The molecule has 0 saturated carbocycles. The number of imide groups is 1. The van der Waals surface area contributed by atoms with E-state index >= 15 is 0 Å². The fourth-order valence-electron chi connectivity index (χ4n) is 1.45. The average Bonchev–Trinajstić information content (AvgIpc) is 2.56. The topological polar surface area (TPSA) is 208 Å². The number of hydrogen-bond acceptors (Lipinski definition) is 8. The van der Waals surface area contributed by atoms with Crippen LogP contribution in [0.25, 0.3) is 0 Å². The van der Waals surface area contributed by atoms with Gasteiger partial charge in [0.25, 0.3) is 5.91 Å². The van der Waals surface area contributed by atoms with Crippen molar-refractivity contribution in [3.63, 3.8) is 0 Å². The number of amides is 3. The summed E-state index contributed by atoms with van der Waals surface area (Å²) in [5.74, 6) is -5.91. The Hall–Kier alpha value is -2.80. The summed E-state index contributed by atoms with van der Waals surface area (Å²) >= 11 is 0.660. The van der Waals surface area contributed by atoms with Gasteiger partial charge < -0.3 is 31.5 Å². The zero-order valence-corrected chi connectivity index (χ0v) is 14.4. The van der Waals surface area contributed by atoms with Crippen LogP contribution in [0.4, 0.5) is 4.79 Å². The lowest BCUT2D eigenvalue weighted by molar-refractivity contribution is -0.139. The molecule has 13 heteroatoms. The Balaban J connectivity index is 4.97. The van der Waals surface area contributed by atoms with Crippen molar-refractivity contribution in [2.75, 3.05) is 12.8 Å². The third-order valence-electron chi connectivity index (χ3n) is 2.93. The van der Waals surface area contributed by atoms with E-state index in [1.807, 2.05) is 0 Å². The number of nitrogens with one attached hydrogen (secondary N) is 1. The van der Waals surface area contributed by atoms with E-state index in [1.54, 1.807) is 0 Å². The van der Waals surface area contributed by atoms with E-state index in [4.69, 9.17) is 26.2 Å². The van der Waals surface area contributed by atoms with Gasteiger partial charge in [-0.2, -0.15) is 0 Å². The third kappa shape index (κ3) is 8.34. The predicted molar refractivity (Wildman–Crippen MR) is 88.4 cm³/mol. The van der Waals surface area contributed by atoms with Crippen molar-refractivity contribution >= 4 is 41.6 Å².